The summed E-state index contributed by atoms with van der Waals surface area (Å²) in [5.74, 6) is 0. The first kappa shape index (κ1) is 13.2. The van der Waals surface area contributed by atoms with Gasteiger partial charge in [-0.05, 0) is 50.9 Å². The second-order valence-corrected chi connectivity index (χ2v) is 4.56. The van der Waals surface area contributed by atoms with Crippen molar-refractivity contribution in [2.75, 3.05) is 7.05 Å². The molecule has 0 saturated heterocycles. The molecular weight excluding hydrogens is 198 g/mol. The molecule has 0 aromatic heterocycles. The van der Waals surface area contributed by atoms with Crippen LogP contribution in [0.5, 0.6) is 0 Å². The molecule has 0 aliphatic heterocycles. The Labute approximate surface area is 98.7 Å². The monoisotopic (exact) mass is 221 g/mol. The second-order valence-electron chi connectivity index (χ2n) is 4.56. The maximum atomic E-state index is 10.4. The van der Waals surface area contributed by atoms with Crippen LogP contribution in [0.25, 0.3) is 0 Å². The van der Waals surface area contributed by atoms with Gasteiger partial charge in [0.15, 0.2) is 0 Å². The van der Waals surface area contributed by atoms with Gasteiger partial charge in [-0.2, -0.15) is 0 Å². The van der Waals surface area contributed by atoms with Gasteiger partial charge < -0.3 is 10.4 Å². The van der Waals surface area contributed by atoms with Gasteiger partial charge in [0.1, 0.15) is 0 Å². The minimum absolute atomic E-state index is 0.125. The average Bonchev–Trinajstić information content (AvgIpc) is 2.17. The number of hydrogen-bond donors (Lipinski definition) is 2. The molecule has 16 heavy (non-hydrogen) atoms. The third kappa shape index (κ3) is 2.63. The Balaban J connectivity index is 3.12. The van der Waals surface area contributed by atoms with Crippen LogP contribution >= 0.6 is 0 Å². The molecule has 0 spiro atoms. The number of rotatable bonds is 4. The van der Waals surface area contributed by atoms with E-state index in [1.54, 1.807) is 0 Å². The zero-order valence-electron chi connectivity index (χ0n) is 11.0. The summed E-state index contributed by atoms with van der Waals surface area (Å²) in [6.45, 7) is 8.32. The van der Waals surface area contributed by atoms with Crippen LogP contribution in [0.2, 0.25) is 0 Å². The van der Waals surface area contributed by atoms with E-state index in [9.17, 15) is 5.11 Å². The van der Waals surface area contributed by atoms with Gasteiger partial charge >= 0.3 is 0 Å². The normalized spacial score (nSPS) is 14.9. The molecule has 0 bridgehead atoms. The highest BCUT2D eigenvalue weighted by molar-refractivity contribution is 5.39. The maximum absolute atomic E-state index is 10.4. The number of hydrogen-bond acceptors (Lipinski definition) is 2. The van der Waals surface area contributed by atoms with E-state index < -0.39 is 6.10 Å². The van der Waals surface area contributed by atoms with Gasteiger partial charge in [0.05, 0.1) is 6.10 Å². The van der Waals surface area contributed by atoms with E-state index in [1.807, 2.05) is 7.05 Å². The smallest absolute Gasteiger partial charge is 0.0947 e. The summed E-state index contributed by atoms with van der Waals surface area (Å²) >= 11 is 0. The molecule has 0 aliphatic rings. The molecule has 0 aliphatic carbocycles. The van der Waals surface area contributed by atoms with Crippen LogP contribution in [0.3, 0.4) is 0 Å². The van der Waals surface area contributed by atoms with E-state index >= 15 is 0 Å². The number of nitrogens with one attached hydrogen (secondary N) is 1. The fourth-order valence-corrected chi connectivity index (χ4v) is 2.44. The number of aryl methyl sites for hydroxylation is 3. The summed E-state index contributed by atoms with van der Waals surface area (Å²) in [7, 11) is 1.90. The molecule has 0 saturated carbocycles. The maximum Gasteiger partial charge on any atom is 0.0947 e. The van der Waals surface area contributed by atoms with Crippen LogP contribution < -0.4 is 5.32 Å². The highest BCUT2D eigenvalue weighted by atomic mass is 16.3. The summed E-state index contributed by atoms with van der Waals surface area (Å²) in [5, 5.41) is 13.5. The van der Waals surface area contributed by atoms with Crippen LogP contribution in [-0.2, 0) is 0 Å². The molecule has 1 aromatic rings. The topological polar surface area (TPSA) is 32.3 Å². The Kier molecular flexibility index (Phi) is 4.51. The van der Waals surface area contributed by atoms with Crippen LogP contribution in [0.4, 0.5) is 0 Å². The number of aliphatic hydroxyl groups excluding tert-OH is 1. The molecule has 2 heteroatoms. The Morgan fingerprint density at radius 2 is 1.69 bits per heavy atom. The highest BCUT2D eigenvalue weighted by Gasteiger charge is 2.20. The van der Waals surface area contributed by atoms with Crippen LogP contribution in [0.1, 0.15) is 41.7 Å². The first-order valence-corrected chi connectivity index (χ1v) is 5.94. The van der Waals surface area contributed by atoms with Crippen LogP contribution in [0.15, 0.2) is 12.1 Å². The third-order valence-electron chi connectivity index (χ3n) is 3.23. The lowest BCUT2D eigenvalue weighted by molar-refractivity contribution is 0.129. The fourth-order valence-electron chi connectivity index (χ4n) is 2.44. The quantitative estimate of drug-likeness (QED) is 0.819. The van der Waals surface area contributed by atoms with E-state index in [-0.39, 0.29) is 6.04 Å². The lowest BCUT2D eigenvalue weighted by Crippen LogP contribution is -2.32. The van der Waals surface area contributed by atoms with E-state index in [2.05, 4.69) is 45.1 Å². The molecule has 2 unspecified atom stereocenters. The van der Waals surface area contributed by atoms with Crippen LogP contribution in [0, 0.1) is 20.8 Å². The van der Waals surface area contributed by atoms with Crippen molar-refractivity contribution < 1.29 is 5.11 Å². The zero-order valence-corrected chi connectivity index (χ0v) is 11.0. The molecular formula is C14H23NO. The van der Waals surface area contributed by atoms with Gasteiger partial charge in [0.25, 0.3) is 0 Å². The second kappa shape index (κ2) is 5.46. The zero-order chi connectivity index (χ0) is 12.3. The Morgan fingerprint density at radius 1 is 1.19 bits per heavy atom. The molecule has 2 N–H and O–H groups in total. The van der Waals surface area contributed by atoms with Gasteiger partial charge in [-0.15, -0.1) is 0 Å². The van der Waals surface area contributed by atoms with E-state index in [1.165, 1.54) is 16.7 Å². The van der Waals surface area contributed by atoms with Crippen molar-refractivity contribution in [1.82, 2.24) is 5.32 Å². The largest absolute Gasteiger partial charge is 0.387 e. The van der Waals surface area contributed by atoms with Gasteiger partial charge in [0, 0.05) is 6.04 Å². The van der Waals surface area contributed by atoms with Crippen molar-refractivity contribution in [3.05, 3.63) is 34.4 Å². The summed E-state index contributed by atoms with van der Waals surface area (Å²) in [4.78, 5) is 0. The predicted molar refractivity (Wildman–Crippen MR) is 68.8 cm³/mol. The average molecular weight is 221 g/mol. The molecule has 0 heterocycles. The van der Waals surface area contributed by atoms with Gasteiger partial charge in [-0.1, -0.05) is 24.6 Å². The minimum Gasteiger partial charge on any atom is -0.387 e. The summed E-state index contributed by atoms with van der Waals surface area (Å²) in [6, 6.07) is 4.39. The molecule has 2 atom stereocenters. The molecule has 0 radical (unpaired) electrons. The Hall–Kier alpha value is -0.860. The van der Waals surface area contributed by atoms with E-state index in [4.69, 9.17) is 0 Å². The highest BCUT2D eigenvalue weighted by Crippen LogP contribution is 2.26. The number of aliphatic hydroxyl groups is 1. The summed E-state index contributed by atoms with van der Waals surface area (Å²) in [5.41, 5.74) is 4.69. The Morgan fingerprint density at radius 3 is 2.06 bits per heavy atom. The first-order chi connectivity index (χ1) is 7.51. The van der Waals surface area contributed by atoms with Crippen molar-refractivity contribution in [1.29, 1.82) is 0 Å². The molecule has 0 fully saturated rings. The molecule has 1 aromatic carbocycles. The Bertz CT molecular complexity index is 333. The van der Waals surface area contributed by atoms with Crippen molar-refractivity contribution in [3.8, 4) is 0 Å². The molecule has 2 nitrogen and oxygen atoms in total. The van der Waals surface area contributed by atoms with Crippen molar-refractivity contribution in [3.63, 3.8) is 0 Å². The van der Waals surface area contributed by atoms with Gasteiger partial charge in [-0.3, -0.25) is 0 Å². The predicted octanol–water partition coefficient (Wildman–Crippen LogP) is 2.64. The van der Waals surface area contributed by atoms with Crippen molar-refractivity contribution >= 4 is 0 Å². The first-order valence-electron chi connectivity index (χ1n) is 5.94. The summed E-state index contributed by atoms with van der Waals surface area (Å²) < 4.78 is 0. The standard InChI is InChI=1S/C14H23NO/c1-6-12(15-5)14(16)13-10(3)7-9(2)8-11(13)4/h7-8,12,14-16H,6H2,1-5H3. The third-order valence-corrected chi connectivity index (χ3v) is 3.23. The van der Waals surface area contributed by atoms with Crippen molar-refractivity contribution in [2.45, 2.75) is 46.3 Å². The molecule has 1 rings (SSSR count). The molecule has 90 valence electrons. The lowest BCUT2D eigenvalue weighted by atomic mass is 9.91. The minimum atomic E-state index is -0.421. The fraction of sp³-hybridized carbons (Fsp3) is 0.571. The van der Waals surface area contributed by atoms with Crippen molar-refractivity contribution in [2.24, 2.45) is 0 Å². The van der Waals surface area contributed by atoms with Gasteiger partial charge in [-0.25, -0.2) is 0 Å². The summed E-state index contributed by atoms with van der Waals surface area (Å²) in [6.07, 6.45) is 0.500. The number of likely N-dealkylation sites (N-methyl/N-ethyl adjacent to an activating group) is 1. The SMILES string of the molecule is CCC(NC)C(O)c1c(C)cc(C)cc1C. The number of benzene rings is 1. The van der Waals surface area contributed by atoms with Gasteiger partial charge in [0.2, 0.25) is 0 Å². The lowest BCUT2D eigenvalue weighted by Gasteiger charge is -2.24. The van der Waals surface area contributed by atoms with Crippen LogP contribution in [-0.4, -0.2) is 18.2 Å². The molecule has 0 amide bonds. The van der Waals surface area contributed by atoms with E-state index in [0.717, 1.165) is 12.0 Å². The van der Waals surface area contributed by atoms with E-state index in [0.29, 0.717) is 0 Å².